The predicted octanol–water partition coefficient (Wildman–Crippen LogP) is 1.22. The van der Waals surface area contributed by atoms with E-state index in [4.69, 9.17) is 5.73 Å². The molecule has 1 heterocycles. The summed E-state index contributed by atoms with van der Waals surface area (Å²) in [4.78, 5) is 4.13. The highest BCUT2D eigenvalue weighted by Gasteiger charge is 2.12. The molecule has 0 aliphatic rings. The van der Waals surface area contributed by atoms with Crippen molar-refractivity contribution in [3.05, 3.63) is 28.5 Å². The fraction of sp³-hybridized carbons (Fsp3) is 0.375. The minimum atomic E-state index is -0.577. The first kappa shape index (κ1) is 9.64. The minimum Gasteiger partial charge on any atom is -0.391 e. The summed E-state index contributed by atoms with van der Waals surface area (Å²) in [5.74, 6) is 0. The van der Waals surface area contributed by atoms with Gasteiger partial charge < -0.3 is 10.8 Å². The number of aromatic nitrogens is 1. The Labute approximate surface area is 79.7 Å². The lowest BCUT2D eigenvalue weighted by Crippen LogP contribution is -2.24. The zero-order valence-electron chi connectivity index (χ0n) is 6.74. The summed E-state index contributed by atoms with van der Waals surface area (Å²) in [6.07, 6.45) is -0.577. The van der Waals surface area contributed by atoms with Gasteiger partial charge >= 0.3 is 0 Å². The van der Waals surface area contributed by atoms with Crippen molar-refractivity contribution in [1.29, 1.82) is 0 Å². The van der Waals surface area contributed by atoms with E-state index >= 15 is 0 Å². The molecule has 1 rings (SSSR count). The van der Waals surface area contributed by atoms with Gasteiger partial charge in [-0.1, -0.05) is 6.07 Å². The standard InChI is InChI=1S/C8H11BrN2O/c1-5(12)8(10)6-3-2-4-7(9)11-6/h2-5,8,12H,10H2,1H3/t5?,8-/m1/s1. The van der Waals surface area contributed by atoms with Crippen molar-refractivity contribution in [3.63, 3.8) is 0 Å². The van der Waals surface area contributed by atoms with Crippen molar-refractivity contribution >= 4 is 15.9 Å². The predicted molar refractivity (Wildman–Crippen MR) is 50.5 cm³/mol. The van der Waals surface area contributed by atoms with Crippen LogP contribution in [0.4, 0.5) is 0 Å². The number of hydrogen-bond donors (Lipinski definition) is 2. The van der Waals surface area contributed by atoms with Gasteiger partial charge in [0.05, 0.1) is 17.8 Å². The van der Waals surface area contributed by atoms with Gasteiger partial charge in [0, 0.05) is 0 Å². The molecule has 0 fully saturated rings. The lowest BCUT2D eigenvalue weighted by molar-refractivity contribution is 0.162. The van der Waals surface area contributed by atoms with Crippen LogP contribution in [0.3, 0.4) is 0 Å². The zero-order valence-corrected chi connectivity index (χ0v) is 8.32. The van der Waals surface area contributed by atoms with Crippen molar-refractivity contribution in [2.75, 3.05) is 0 Å². The van der Waals surface area contributed by atoms with Crippen LogP contribution in [0.2, 0.25) is 0 Å². The number of hydrogen-bond acceptors (Lipinski definition) is 3. The lowest BCUT2D eigenvalue weighted by atomic mass is 10.1. The molecule has 0 spiro atoms. The summed E-state index contributed by atoms with van der Waals surface area (Å²) in [5.41, 5.74) is 6.37. The quantitative estimate of drug-likeness (QED) is 0.752. The Bertz CT molecular complexity index is 265. The fourth-order valence-electron chi connectivity index (χ4n) is 0.857. The van der Waals surface area contributed by atoms with E-state index in [1.54, 1.807) is 13.0 Å². The maximum absolute atomic E-state index is 9.18. The summed E-state index contributed by atoms with van der Waals surface area (Å²) in [7, 11) is 0. The highest BCUT2D eigenvalue weighted by Crippen LogP contribution is 2.14. The van der Waals surface area contributed by atoms with Crippen LogP contribution in [0.15, 0.2) is 22.8 Å². The largest absolute Gasteiger partial charge is 0.391 e. The molecule has 3 N–H and O–H groups in total. The first-order valence-corrected chi connectivity index (χ1v) is 4.46. The van der Waals surface area contributed by atoms with Gasteiger partial charge in [0.1, 0.15) is 4.60 Å². The minimum absolute atomic E-state index is 0.414. The molecule has 66 valence electrons. The molecule has 4 heteroatoms. The SMILES string of the molecule is CC(O)[C@@H](N)c1cccc(Br)n1. The van der Waals surface area contributed by atoms with Gasteiger partial charge in [-0.2, -0.15) is 0 Å². The van der Waals surface area contributed by atoms with Crippen LogP contribution in [0.25, 0.3) is 0 Å². The van der Waals surface area contributed by atoms with Gasteiger partial charge in [-0.3, -0.25) is 0 Å². The van der Waals surface area contributed by atoms with Crippen molar-refractivity contribution in [3.8, 4) is 0 Å². The molecule has 0 aromatic carbocycles. The van der Waals surface area contributed by atoms with Crippen LogP contribution < -0.4 is 5.73 Å². The first-order chi connectivity index (χ1) is 5.61. The average Bonchev–Trinajstić information content (AvgIpc) is 2.03. The molecule has 0 aliphatic heterocycles. The molecule has 2 atom stereocenters. The number of aliphatic hydroxyl groups excluding tert-OH is 1. The topological polar surface area (TPSA) is 59.1 Å². The second kappa shape index (κ2) is 3.98. The van der Waals surface area contributed by atoms with Gasteiger partial charge in [-0.05, 0) is 35.0 Å². The van der Waals surface area contributed by atoms with Crippen molar-refractivity contribution < 1.29 is 5.11 Å². The summed E-state index contributed by atoms with van der Waals surface area (Å²) in [6.45, 7) is 1.65. The van der Waals surface area contributed by atoms with Gasteiger partial charge in [-0.15, -0.1) is 0 Å². The van der Waals surface area contributed by atoms with E-state index in [1.165, 1.54) is 0 Å². The highest BCUT2D eigenvalue weighted by atomic mass is 79.9. The second-order valence-corrected chi connectivity index (χ2v) is 3.46. The summed E-state index contributed by atoms with van der Waals surface area (Å²) in [6, 6.07) is 5.04. The van der Waals surface area contributed by atoms with Crippen LogP contribution in [0.5, 0.6) is 0 Å². The maximum atomic E-state index is 9.18. The van der Waals surface area contributed by atoms with Crippen molar-refractivity contribution in [2.45, 2.75) is 19.1 Å². The molecule has 1 aromatic rings. The number of nitrogens with two attached hydrogens (primary N) is 1. The number of pyridine rings is 1. The zero-order chi connectivity index (χ0) is 9.14. The summed E-state index contributed by atoms with van der Waals surface area (Å²) < 4.78 is 0.733. The molecule has 0 saturated carbocycles. The number of rotatable bonds is 2. The van der Waals surface area contributed by atoms with Gasteiger partial charge in [0.15, 0.2) is 0 Å². The van der Waals surface area contributed by atoms with Gasteiger partial charge in [0.2, 0.25) is 0 Å². The molecule has 0 aliphatic carbocycles. The molecule has 1 aromatic heterocycles. The molecule has 12 heavy (non-hydrogen) atoms. The van der Waals surface area contributed by atoms with Crippen LogP contribution in [-0.2, 0) is 0 Å². The smallest absolute Gasteiger partial charge is 0.106 e. The van der Waals surface area contributed by atoms with Crippen LogP contribution in [0.1, 0.15) is 18.7 Å². The third-order valence-corrected chi connectivity index (χ3v) is 2.04. The molecule has 0 saturated heterocycles. The Hall–Kier alpha value is -0.450. The molecule has 1 unspecified atom stereocenters. The van der Waals surface area contributed by atoms with E-state index in [2.05, 4.69) is 20.9 Å². The van der Waals surface area contributed by atoms with Crippen LogP contribution >= 0.6 is 15.9 Å². The monoisotopic (exact) mass is 230 g/mol. The second-order valence-electron chi connectivity index (χ2n) is 2.65. The van der Waals surface area contributed by atoms with E-state index in [9.17, 15) is 5.11 Å². The van der Waals surface area contributed by atoms with Gasteiger partial charge in [-0.25, -0.2) is 4.98 Å². The Kier molecular flexibility index (Phi) is 3.20. The normalized spacial score (nSPS) is 15.7. The van der Waals surface area contributed by atoms with E-state index in [0.717, 1.165) is 4.60 Å². The third kappa shape index (κ3) is 2.27. The lowest BCUT2D eigenvalue weighted by Gasteiger charge is -2.13. The molecule has 0 amide bonds. The number of halogens is 1. The summed E-state index contributed by atoms with van der Waals surface area (Å²) in [5, 5.41) is 9.18. The molecule has 0 bridgehead atoms. The number of aliphatic hydroxyl groups is 1. The van der Waals surface area contributed by atoms with Gasteiger partial charge in [0.25, 0.3) is 0 Å². The van der Waals surface area contributed by atoms with E-state index in [-0.39, 0.29) is 0 Å². The Morgan fingerprint density at radius 2 is 2.25 bits per heavy atom. The Morgan fingerprint density at radius 3 is 2.75 bits per heavy atom. The first-order valence-electron chi connectivity index (χ1n) is 3.67. The summed E-state index contributed by atoms with van der Waals surface area (Å²) >= 11 is 3.23. The molecular weight excluding hydrogens is 220 g/mol. The van der Waals surface area contributed by atoms with Crippen LogP contribution in [-0.4, -0.2) is 16.2 Å². The average molecular weight is 231 g/mol. The third-order valence-electron chi connectivity index (χ3n) is 1.60. The highest BCUT2D eigenvalue weighted by molar-refractivity contribution is 9.10. The van der Waals surface area contributed by atoms with Crippen molar-refractivity contribution in [1.82, 2.24) is 4.98 Å². The van der Waals surface area contributed by atoms with Crippen molar-refractivity contribution in [2.24, 2.45) is 5.73 Å². The Morgan fingerprint density at radius 1 is 1.58 bits per heavy atom. The van der Waals surface area contributed by atoms with E-state index < -0.39 is 12.1 Å². The van der Waals surface area contributed by atoms with E-state index in [1.807, 2.05) is 12.1 Å². The molecule has 3 nitrogen and oxygen atoms in total. The van der Waals surface area contributed by atoms with Crippen LogP contribution in [0, 0.1) is 0 Å². The maximum Gasteiger partial charge on any atom is 0.106 e. The molecule has 0 radical (unpaired) electrons. The fourth-order valence-corrected chi connectivity index (χ4v) is 1.21. The number of nitrogens with zero attached hydrogens (tertiary/aromatic N) is 1. The van der Waals surface area contributed by atoms with E-state index in [0.29, 0.717) is 5.69 Å². The molecular formula is C8H11BrN2O. The Balaban J connectivity index is 2.88.